The number of amides is 1. The maximum Gasteiger partial charge on any atom is 0.258 e. The molecule has 0 bridgehead atoms. The Labute approximate surface area is 131 Å². The number of thiocarbonyl (C=S) groups is 1. The van der Waals surface area contributed by atoms with E-state index in [0.717, 1.165) is 12.0 Å². The fourth-order valence-corrected chi connectivity index (χ4v) is 2.82. The monoisotopic (exact) mass is 306 g/mol. The van der Waals surface area contributed by atoms with Crippen LogP contribution in [0.25, 0.3) is 0 Å². The predicted molar refractivity (Wildman–Crippen MR) is 87.3 cm³/mol. The molecule has 3 atom stereocenters. The molecule has 1 aromatic rings. The minimum atomic E-state index is -0.0700. The number of hydrogen-bond acceptors (Lipinski definition) is 3. The minimum Gasteiger partial charge on any atom is -0.484 e. The van der Waals surface area contributed by atoms with Crippen molar-refractivity contribution in [2.75, 3.05) is 6.61 Å². The minimum absolute atomic E-state index is 0.0318. The van der Waals surface area contributed by atoms with Gasteiger partial charge < -0.3 is 15.8 Å². The van der Waals surface area contributed by atoms with Crippen molar-refractivity contribution in [3.8, 4) is 5.75 Å². The molecular formula is C16H22N2O2S. The van der Waals surface area contributed by atoms with Crippen LogP contribution < -0.4 is 15.8 Å². The lowest BCUT2D eigenvalue weighted by Gasteiger charge is -2.19. The van der Waals surface area contributed by atoms with Gasteiger partial charge in [0.05, 0.1) is 0 Å². The van der Waals surface area contributed by atoms with E-state index in [9.17, 15) is 4.79 Å². The van der Waals surface area contributed by atoms with Crippen LogP contribution in [0.3, 0.4) is 0 Å². The maximum atomic E-state index is 11.9. The molecule has 0 spiro atoms. The molecule has 0 aromatic heterocycles. The molecule has 1 fully saturated rings. The van der Waals surface area contributed by atoms with E-state index < -0.39 is 0 Å². The van der Waals surface area contributed by atoms with Crippen molar-refractivity contribution in [2.24, 2.45) is 17.6 Å². The number of ether oxygens (including phenoxy) is 1. The van der Waals surface area contributed by atoms with Crippen molar-refractivity contribution in [2.45, 2.75) is 32.7 Å². The molecule has 0 saturated heterocycles. The predicted octanol–water partition coefficient (Wildman–Crippen LogP) is 2.25. The zero-order chi connectivity index (χ0) is 15.4. The summed E-state index contributed by atoms with van der Waals surface area (Å²) in [6.45, 7) is 4.46. The van der Waals surface area contributed by atoms with E-state index in [-0.39, 0.29) is 18.6 Å². The summed E-state index contributed by atoms with van der Waals surface area (Å²) in [5, 5.41) is 3.05. The Bertz CT molecular complexity index is 516. The van der Waals surface area contributed by atoms with Crippen molar-refractivity contribution in [1.82, 2.24) is 5.32 Å². The highest BCUT2D eigenvalue weighted by Gasteiger charge is 2.30. The van der Waals surface area contributed by atoms with E-state index in [1.807, 2.05) is 0 Å². The van der Waals surface area contributed by atoms with Gasteiger partial charge in [-0.2, -0.15) is 0 Å². The van der Waals surface area contributed by atoms with Crippen LogP contribution >= 0.6 is 12.2 Å². The number of nitrogens with one attached hydrogen (secondary N) is 1. The molecule has 1 saturated carbocycles. The van der Waals surface area contributed by atoms with Crippen molar-refractivity contribution in [3.63, 3.8) is 0 Å². The van der Waals surface area contributed by atoms with Crippen LogP contribution in [0.2, 0.25) is 0 Å². The van der Waals surface area contributed by atoms with Crippen LogP contribution in [0.15, 0.2) is 24.3 Å². The first-order valence-corrected chi connectivity index (χ1v) is 7.70. The Kier molecular flexibility index (Phi) is 5.17. The van der Waals surface area contributed by atoms with Crippen LogP contribution in [0, 0.1) is 11.8 Å². The van der Waals surface area contributed by atoms with Crippen molar-refractivity contribution < 1.29 is 9.53 Å². The lowest BCUT2D eigenvalue weighted by atomic mass is 9.98. The average molecular weight is 306 g/mol. The Morgan fingerprint density at radius 1 is 1.33 bits per heavy atom. The van der Waals surface area contributed by atoms with Gasteiger partial charge in [-0.15, -0.1) is 0 Å². The summed E-state index contributed by atoms with van der Waals surface area (Å²) < 4.78 is 5.48. The van der Waals surface area contributed by atoms with Gasteiger partial charge in [-0.1, -0.05) is 26.1 Å². The molecule has 0 radical (unpaired) electrons. The first-order chi connectivity index (χ1) is 9.97. The highest BCUT2D eigenvalue weighted by molar-refractivity contribution is 7.80. The van der Waals surface area contributed by atoms with Gasteiger partial charge in [0.1, 0.15) is 10.7 Å². The second-order valence-corrected chi connectivity index (χ2v) is 6.20. The summed E-state index contributed by atoms with van der Waals surface area (Å²) in [4.78, 5) is 12.3. The highest BCUT2D eigenvalue weighted by atomic mass is 32.1. The number of rotatable bonds is 5. The van der Waals surface area contributed by atoms with Crippen molar-refractivity contribution in [1.29, 1.82) is 0 Å². The van der Waals surface area contributed by atoms with Gasteiger partial charge in [0, 0.05) is 11.6 Å². The summed E-state index contributed by atoms with van der Waals surface area (Å²) >= 11 is 4.88. The number of benzene rings is 1. The SMILES string of the molecule is CC1CCC(NC(=O)COc2ccc(C(N)=S)cc2)C1C. The second kappa shape index (κ2) is 6.89. The van der Waals surface area contributed by atoms with Gasteiger partial charge in [0.25, 0.3) is 5.91 Å². The molecule has 1 aliphatic carbocycles. The molecule has 0 aliphatic heterocycles. The summed E-state index contributed by atoms with van der Waals surface area (Å²) in [7, 11) is 0. The van der Waals surface area contributed by atoms with Crippen LogP contribution in [0.1, 0.15) is 32.3 Å². The van der Waals surface area contributed by atoms with E-state index in [0.29, 0.717) is 22.6 Å². The smallest absolute Gasteiger partial charge is 0.258 e. The van der Waals surface area contributed by atoms with Gasteiger partial charge in [-0.3, -0.25) is 4.79 Å². The van der Waals surface area contributed by atoms with E-state index in [1.165, 1.54) is 6.42 Å². The zero-order valence-corrected chi connectivity index (χ0v) is 13.3. The van der Waals surface area contributed by atoms with E-state index in [2.05, 4.69) is 19.2 Å². The molecule has 114 valence electrons. The van der Waals surface area contributed by atoms with Crippen molar-refractivity contribution >= 4 is 23.1 Å². The van der Waals surface area contributed by atoms with Crippen LogP contribution in [0.4, 0.5) is 0 Å². The van der Waals surface area contributed by atoms with Crippen molar-refractivity contribution in [3.05, 3.63) is 29.8 Å². The standard InChI is InChI=1S/C16H22N2O2S/c1-10-3-8-14(11(10)2)18-15(19)9-20-13-6-4-12(5-7-13)16(17)21/h4-7,10-11,14H,3,8-9H2,1-2H3,(H2,17,21)(H,18,19). The highest BCUT2D eigenvalue weighted by Crippen LogP contribution is 2.30. The number of carbonyl (C=O) groups is 1. The van der Waals surface area contributed by atoms with Crippen LogP contribution in [-0.2, 0) is 4.79 Å². The topological polar surface area (TPSA) is 64.3 Å². The molecule has 21 heavy (non-hydrogen) atoms. The third-order valence-corrected chi connectivity index (χ3v) is 4.56. The summed E-state index contributed by atoms with van der Waals surface area (Å²) in [6.07, 6.45) is 2.23. The summed E-state index contributed by atoms with van der Waals surface area (Å²) in [6, 6.07) is 7.38. The average Bonchev–Trinajstić information content (AvgIpc) is 2.77. The van der Waals surface area contributed by atoms with Gasteiger partial charge in [-0.25, -0.2) is 0 Å². The third kappa shape index (κ3) is 4.17. The van der Waals surface area contributed by atoms with E-state index >= 15 is 0 Å². The molecule has 0 heterocycles. The Hall–Kier alpha value is -1.62. The van der Waals surface area contributed by atoms with Crippen LogP contribution in [-0.4, -0.2) is 23.5 Å². The molecular weight excluding hydrogens is 284 g/mol. The largest absolute Gasteiger partial charge is 0.484 e. The third-order valence-electron chi connectivity index (χ3n) is 4.32. The first kappa shape index (κ1) is 15.8. The Balaban J connectivity index is 1.80. The quantitative estimate of drug-likeness (QED) is 0.819. The lowest BCUT2D eigenvalue weighted by Crippen LogP contribution is -2.39. The number of hydrogen-bond donors (Lipinski definition) is 2. The molecule has 1 amide bonds. The number of nitrogens with two attached hydrogens (primary N) is 1. The molecule has 4 nitrogen and oxygen atoms in total. The molecule has 1 aromatic carbocycles. The van der Waals surface area contributed by atoms with E-state index in [1.54, 1.807) is 24.3 Å². The fraction of sp³-hybridized carbons (Fsp3) is 0.500. The second-order valence-electron chi connectivity index (χ2n) is 5.77. The van der Waals surface area contributed by atoms with Crippen LogP contribution in [0.5, 0.6) is 5.75 Å². The molecule has 5 heteroatoms. The summed E-state index contributed by atoms with van der Waals surface area (Å²) in [5.41, 5.74) is 6.32. The Morgan fingerprint density at radius 2 is 2.00 bits per heavy atom. The van der Waals surface area contributed by atoms with Gasteiger partial charge in [0.2, 0.25) is 0 Å². The maximum absolute atomic E-state index is 11.9. The Morgan fingerprint density at radius 3 is 2.52 bits per heavy atom. The zero-order valence-electron chi connectivity index (χ0n) is 12.5. The molecule has 3 N–H and O–H groups in total. The first-order valence-electron chi connectivity index (χ1n) is 7.29. The van der Waals surface area contributed by atoms with Gasteiger partial charge in [-0.05, 0) is 48.9 Å². The normalized spacial score (nSPS) is 24.6. The molecule has 3 unspecified atom stereocenters. The number of carbonyl (C=O) groups excluding carboxylic acids is 1. The molecule has 2 rings (SSSR count). The molecule has 1 aliphatic rings. The van der Waals surface area contributed by atoms with E-state index in [4.69, 9.17) is 22.7 Å². The van der Waals surface area contributed by atoms with Gasteiger partial charge in [0.15, 0.2) is 6.61 Å². The van der Waals surface area contributed by atoms with Gasteiger partial charge >= 0.3 is 0 Å². The summed E-state index contributed by atoms with van der Waals surface area (Å²) in [5.74, 6) is 1.76. The fourth-order valence-electron chi connectivity index (χ4n) is 2.68. The lowest BCUT2D eigenvalue weighted by molar-refractivity contribution is -0.124.